The van der Waals surface area contributed by atoms with Gasteiger partial charge in [0.25, 0.3) is 5.91 Å². The number of hydrogen-bond acceptors (Lipinski definition) is 4. The van der Waals surface area contributed by atoms with E-state index in [1.54, 1.807) is 24.3 Å². The van der Waals surface area contributed by atoms with E-state index >= 15 is 4.39 Å². The largest absolute Gasteiger partial charge is 0.459 e. The number of amides is 3. The Hall–Kier alpha value is -3.94. The summed E-state index contributed by atoms with van der Waals surface area (Å²) in [5, 5.41) is 5.55. The quantitative estimate of drug-likeness (QED) is 0.506. The van der Waals surface area contributed by atoms with Crippen molar-refractivity contribution in [3.05, 3.63) is 89.6 Å². The maximum Gasteiger partial charge on any atom is 0.287 e. The van der Waals surface area contributed by atoms with Gasteiger partial charge in [0.1, 0.15) is 11.9 Å². The zero-order valence-electron chi connectivity index (χ0n) is 19.5. The molecule has 0 radical (unpaired) electrons. The van der Waals surface area contributed by atoms with Gasteiger partial charge in [0.15, 0.2) is 5.76 Å². The molecule has 182 valence electrons. The number of nitrogens with one attached hydrogen (secondary N) is 2. The lowest BCUT2D eigenvalue weighted by atomic mass is 10.0. The molecule has 1 unspecified atom stereocenters. The molecule has 0 saturated heterocycles. The van der Waals surface area contributed by atoms with E-state index in [1.807, 2.05) is 19.1 Å². The third-order valence-electron chi connectivity index (χ3n) is 6.20. The fraction of sp³-hybridized carbons (Fsp3) is 0.296. The first-order valence-corrected chi connectivity index (χ1v) is 11.7. The Kier molecular flexibility index (Phi) is 7.60. The summed E-state index contributed by atoms with van der Waals surface area (Å²) in [5.41, 5.74) is 1.27. The first kappa shape index (κ1) is 24.2. The zero-order valence-corrected chi connectivity index (χ0v) is 19.5. The van der Waals surface area contributed by atoms with Gasteiger partial charge in [-0.1, -0.05) is 49.2 Å². The highest BCUT2D eigenvalue weighted by Crippen LogP contribution is 2.32. The van der Waals surface area contributed by atoms with Gasteiger partial charge < -0.3 is 15.1 Å². The van der Waals surface area contributed by atoms with Crippen molar-refractivity contribution in [1.29, 1.82) is 0 Å². The summed E-state index contributed by atoms with van der Waals surface area (Å²) in [5.74, 6) is -2.12. The van der Waals surface area contributed by atoms with Crippen molar-refractivity contribution in [2.75, 3.05) is 11.4 Å². The van der Waals surface area contributed by atoms with E-state index in [9.17, 15) is 14.4 Å². The number of para-hydroxylation sites is 1. The summed E-state index contributed by atoms with van der Waals surface area (Å²) in [6.45, 7) is 1.40. The number of carbonyl (C=O) groups is 3. The van der Waals surface area contributed by atoms with Crippen LogP contribution in [0.1, 0.15) is 53.4 Å². The second-order valence-electron chi connectivity index (χ2n) is 8.62. The number of hydrogen-bond donors (Lipinski definition) is 2. The number of anilines is 1. The topological polar surface area (TPSA) is 91.7 Å². The van der Waals surface area contributed by atoms with Crippen LogP contribution in [-0.4, -0.2) is 30.3 Å². The predicted molar refractivity (Wildman–Crippen MR) is 129 cm³/mol. The molecule has 1 atom stereocenters. The van der Waals surface area contributed by atoms with E-state index in [-0.39, 0.29) is 17.4 Å². The molecule has 8 heteroatoms. The van der Waals surface area contributed by atoms with Crippen LogP contribution in [-0.2, 0) is 9.59 Å². The molecule has 3 aromatic rings. The van der Waals surface area contributed by atoms with E-state index in [0.717, 1.165) is 31.2 Å². The Bertz CT molecular complexity index is 1190. The average Bonchev–Trinajstić information content (AvgIpc) is 3.57. The van der Waals surface area contributed by atoms with Gasteiger partial charge in [0, 0.05) is 17.3 Å². The van der Waals surface area contributed by atoms with Crippen LogP contribution in [0, 0.1) is 12.7 Å². The van der Waals surface area contributed by atoms with Crippen LogP contribution in [0.3, 0.4) is 0 Å². The molecule has 2 aromatic carbocycles. The number of benzene rings is 2. The molecule has 7 nitrogen and oxygen atoms in total. The number of aryl methyl sites for hydroxylation is 1. The SMILES string of the molecule is Cc1ccccc1N(C(=O)CNC(=O)c1ccco1)C(C(=O)NC1CCCC1)c1ccccc1F. The fourth-order valence-electron chi connectivity index (χ4n) is 4.43. The van der Waals surface area contributed by atoms with Crippen molar-refractivity contribution in [2.45, 2.75) is 44.7 Å². The van der Waals surface area contributed by atoms with Crippen molar-refractivity contribution in [2.24, 2.45) is 0 Å². The van der Waals surface area contributed by atoms with Gasteiger partial charge in [0.05, 0.1) is 12.8 Å². The van der Waals surface area contributed by atoms with Gasteiger partial charge >= 0.3 is 0 Å². The van der Waals surface area contributed by atoms with Crippen LogP contribution >= 0.6 is 0 Å². The number of carbonyl (C=O) groups excluding carboxylic acids is 3. The van der Waals surface area contributed by atoms with Crippen LogP contribution in [0.15, 0.2) is 71.3 Å². The van der Waals surface area contributed by atoms with Crippen LogP contribution in [0.25, 0.3) is 0 Å². The molecule has 4 rings (SSSR count). The summed E-state index contributed by atoms with van der Waals surface area (Å²) in [6, 6.07) is 14.8. The summed E-state index contributed by atoms with van der Waals surface area (Å²) in [4.78, 5) is 40.9. The summed E-state index contributed by atoms with van der Waals surface area (Å²) in [6.07, 6.45) is 5.06. The van der Waals surface area contributed by atoms with E-state index in [0.29, 0.717) is 5.69 Å². The number of halogens is 1. The molecule has 0 aliphatic heterocycles. The zero-order chi connectivity index (χ0) is 24.8. The number of nitrogens with zero attached hydrogens (tertiary/aromatic N) is 1. The van der Waals surface area contributed by atoms with E-state index < -0.39 is 36.1 Å². The highest BCUT2D eigenvalue weighted by Gasteiger charge is 2.36. The minimum absolute atomic E-state index is 0.0238. The molecule has 3 amide bonds. The van der Waals surface area contributed by atoms with E-state index in [2.05, 4.69) is 10.6 Å². The molecule has 1 fully saturated rings. The molecule has 0 bridgehead atoms. The Balaban J connectivity index is 1.71. The number of furan rings is 1. The minimum Gasteiger partial charge on any atom is -0.459 e. The normalized spacial score (nSPS) is 14.3. The van der Waals surface area contributed by atoms with Crippen LogP contribution in [0.2, 0.25) is 0 Å². The Morgan fingerprint density at radius 2 is 1.74 bits per heavy atom. The van der Waals surface area contributed by atoms with Gasteiger partial charge in [-0.3, -0.25) is 19.3 Å². The Morgan fingerprint density at radius 3 is 2.43 bits per heavy atom. The Labute approximate surface area is 203 Å². The lowest BCUT2D eigenvalue weighted by molar-refractivity contribution is -0.126. The minimum atomic E-state index is -1.26. The van der Waals surface area contributed by atoms with Crippen LogP contribution < -0.4 is 15.5 Å². The van der Waals surface area contributed by atoms with E-state index in [1.165, 1.54) is 35.4 Å². The molecule has 1 saturated carbocycles. The second-order valence-corrected chi connectivity index (χ2v) is 8.62. The van der Waals surface area contributed by atoms with Crippen molar-refractivity contribution >= 4 is 23.4 Å². The predicted octanol–water partition coefficient (Wildman–Crippen LogP) is 4.29. The molecule has 0 spiro atoms. The van der Waals surface area contributed by atoms with E-state index in [4.69, 9.17) is 4.42 Å². The third kappa shape index (κ3) is 5.59. The Morgan fingerprint density at radius 1 is 1.03 bits per heavy atom. The van der Waals surface area contributed by atoms with Gasteiger partial charge in [-0.05, 0) is 49.6 Å². The molecular formula is C27H28FN3O4. The summed E-state index contributed by atoms with van der Waals surface area (Å²) < 4.78 is 20.1. The van der Waals surface area contributed by atoms with Gasteiger partial charge in [0.2, 0.25) is 11.8 Å². The molecule has 35 heavy (non-hydrogen) atoms. The first-order valence-electron chi connectivity index (χ1n) is 11.7. The van der Waals surface area contributed by atoms with Gasteiger partial charge in [-0.2, -0.15) is 0 Å². The first-order chi connectivity index (χ1) is 17.0. The van der Waals surface area contributed by atoms with Crippen molar-refractivity contribution in [3.63, 3.8) is 0 Å². The third-order valence-corrected chi connectivity index (χ3v) is 6.20. The molecule has 1 heterocycles. The van der Waals surface area contributed by atoms with Crippen molar-refractivity contribution < 1.29 is 23.2 Å². The van der Waals surface area contributed by atoms with Crippen molar-refractivity contribution in [3.8, 4) is 0 Å². The summed E-state index contributed by atoms with van der Waals surface area (Å²) >= 11 is 0. The lowest BCUT2D eigenvalue weighted by Gasteiger charge is -2.33. The molecule has 1 aliphatic carbocycles. The van der Waals surface area contributed by atoms with Crippen LogP contribution in [0.5, 0.6) is 0 Å². The average molecular weight is 478 g/mol. The monoisotopic (exact) mass is 477 g/mol. The fourth-order valence-corrected chi connectivity index (χ4v) is 4.43. The molecular weight excluding hydrogens is 449 g/mol. The molecule has 1 aliphatic rings. The maximum atomic E-state index is 15.1. The van der Waals surface area contributed by atoms with Crippen molar-refractivity contribution in [1.82, 2.24) is 10.6 Å². The molecule has 1 aromatic heterocycles. The molecule has 2 N–H and O–H groups in total. The highest BCUT2D eigenvalue weighted by atomic mass is 19.1. The highest BCUT2D eigenvalue weighted by molar-refractivity contribution is 6.04. The number of rotatable bonds is 8. The van der Waals surface area contributed by atoms with Crippen LogP contribution in [0.4, 0.5) is 10.1 Å². The smallest absolute Gasteiger partial charge is 0.287 e. The second kappa shape index (κ2) is 11.0. The lowest BCUT2D eigenvalue weighted by Crippen LogP contribution is -2.49. The van der Waals surface area contributed by atoms with Gasteiger partial charge in [-0.25, -0.2) is 4.39 Å². The van der Waals surface area contributed by atoms with Gasteiger partial charge in [-0.15, -0.1) is 0 Å². The summed E-state index contributed by atoms with van der Waals surface area (Å²) in [7, 11) is 0. The standard InChI is InChI=1S/C27H28FN3O4/c1-18-9-2-7-14-22(18)31(24(32)17-29-26(33)23-15-8-16-35-23)25(20-12-5-6-13-21(20)28)27(34)30-19-10-3-4-11-19/h2,5-9,12-16,19,25H,3-4,10-11,17H2,1H3,(H,29,33)(H,30,34). The maximum absolute atomic E-state index is 15.1.